The molecule has 0 aromatic heterocycles. The van der Waals surface area contributed by atoms with Crippen molar-refractivity contribution in [3.8, 4) is 0 Å². The average molecular weight is 344 g/mol. The molecule has 0 unspecified atom stereocenters. The van der Waals surface area contributed by atoms with Gasteiger partial charge in [0.25, 0.3) is 5.91 Å². The topological polar surface area (TPSA) is 46.6 Å². The summed E-state index contributed by atoms with van der Waals surface area (Å²) in [5, 5.41) is 0. The molecule has 0 spiro atoms. The Bertz CT molecular complexity index is 581. The van der Waals surface area contributed by atoms with E-state index >= 15 is 0 Å². The Morgan fingerprint density at radius 2 is 2.05 bits per heavy atom. The molecule has 1 aliphatic heterocycles. The minimum atomic E-state index is -0.740. The van der Waals surface area contributed by atoms with Gasteiger partial charge in [-0.2, -0.15) is 0 Å². The minimum Gasteiger partial charge on any atom is -0.443 e. The second-order valence-electron chi connectivity index (χ2n) is 5.61. The number of fused-ring (bicyclic) bond motifs is 1. The van der Waals surface area contributed by atoms with Gasteiger partial charge in [0.1, 0.15) is 11.4 Å². The molecule has 0 N–H and O–H groups in total. The van der Waals surface area contributed by atoms with Gasteiger partial charge in [-0.3, -0.25) is 4.79 Å². The summed E-state index contributed by atoms with van der Waals surface area (Å²) < 4.78 is 19.7. The van der Waals surface area contributed by atoms with Crippen molar-refractivity contribution in [3.05, 3.63) is 33.5 Å². The highest BCUT2D eigenvalue weighted by atomic mass is 79.9. The second-order valence-corrected chi connectivity index (χ2v) is 6.52. The molecule has 0 saturated carbocycles. The monoisotopic (exact) mass is 343 g/mol. The van der Waals surface area contributed by atoms with E-state index in [4.69, 9.17) is 4.74 Å². The van der Waals surface area contributed by atoms with Crippen molar-refractivity contribution in [2.24, 2.45) is 0 Å². The molecule has 0 aliphatic carbocycles. The SMILES string of the molecule is CC(C)(C)OC(=O)N1CCc2cc(Br)cc(F)c2C1=O. The molecule has 0 saturated heterocycles. The summed E-state index contributed by atoms with van der Waals surface area (Å²) in [5.41, 5.74) is -0.150. The highest BCUT2D eigenvalue weighted by molar-refractivity contribution is 9.10. The predicted octanol–water partition coefficient (Wildman–Crippen LogP) is 3.52. The smallest absolute Gasteiger partial charge is 0.417 e. The van der Waals surface area contributed by atoms with E-state index in [0.717, 1.165) is 4.90 Å². The van der Waals surface area contributed by atoms with Gasteiger partial charge in [-0.15, -0.1) is 0 Å². The zero-order valence-electron chi connectivity index (χ0n) is 11.5. The number of amides is 2. The van der Waals surface area contributed by atoms with Gasteiger partial charge in [0.05, 0.1) is 5.56 Å². The lowest BCUT2D eigenvalue weighted by atomic mass is 9.99. The van der Waals surface area contributed by atoms with E-state index in [0.29, 0.717) is 16.5 Å². The van der Waals surface area contributed by atoms with Crippen molar-refractivity contribution in [3.63, 3.8) is 0 Å². The minimum absolute atomic E-state index is 0.0506. The highest BCUT2D eigenvalue weighted by Gasteiger charge is 2.34. The third kappa shape index (κ3) is 3.00. The van der Waals surface area contributed by atoms with E-state index < -0.39 is 23.4 Å². The van der Waals surface area contributed by atoms with E-state index in [1.165, 1.54) is 6.07 Å². The van der Waals surface area contributed by atoms with Gasteiger partial charge in [0, 0.05) is 11.0 Å². The van der Waals surface area contributed by atoms with Crippen molar-refractivity contribution >= 4 is 27.9 Å². The largest absolute Gasteiger partial charge is 0.443 e. The third-order valence-corrected chi connectivity index (χ3v) is 3.27. The Kier molecular flexibility index (Phi) is 3.86. The van der Waals surface area contributed by atoms with Crippen LogP contribution in [0.2, 0.25) is 0 Å². The van der Waals surface area contributed by atoms with E-state index in [1.54, 1.807) is 26.8 Å². The molecule has 4 nitrogen and oxygen atoms in total. The fourth-order valence-corrected chi connectivity index (χ4v) is 2.50. The maximum absolute atomic E-state index is 13.9. The summed E-state index contributed by atoms with van der Waals surface area (Å²) in [6, 6.07) is 2.91. The molecule has 6 heteroatoms. The zero-order chi connectivity index (χ0) is 15.1. The molecule has 1 aromatic rings. The summed E-state index contributed by atoms with van der Waals surface area (Å²) >= 11 is 3.19. The third-order valence-electron chi connectivity index (χ3n) is 2.81. The van der Waals surface area contributed by atoms with E-state index in [-0.39, 0.29) is 12.1 Å². The molecule has 0 bridgehead atoms. The van der Waals surface area contributed by atoms with Gasteiger partial charge in [0.15, 0.2) is 0 Å². The summed E-state index contributed by atoms with van der Waals surface area (Å²) in [6.07, 6.45) is -0.327. The lowest BCUT2D eigenvalue weighted by molar-refractivity contribution is 0.0232. The van der Waals surface area contributed by atoms with Gasteiger partial charge in [0.2, 0.25) is 0 Å². The number of nitrogens with zero attached hydrogens (tertiary/aromatic N) is 1. The zero-order valence-corrected chi connectivity index (χ0v) is 13.1. The van der Waals surface area contributed by atoms with Gasteiger partial charge < -0.3 is 4.74 Å². The number of carbonyl (C=O) groups excluding carboxylic acids is 2. The Labute approximate surface area is 125 Å². The number of benzene rings is 1. The molecule has 108 valence electrons. The number of carbonyl (C=O) groups is 2. The molecule has 2 amide bonds. The van der Waals surface area contributed by atoms with Crippen LogP contribution in [-0.4, -0.2) is 29.0 Å². The summed E-state index contributed by atoms with van der Waals surface area (Å²) in [5.74, 6) is -1.28. The standard InChI is InChI=1S/C14H15BrFNO3/c1-14(2,3)20-13(19)17-5-4-8-6-9(15)7-10(16)11(8)12(17)18/h6-7H,4-5H2,1-3H3. The van der Waals surface area contributed by atoms with Crippen molar-refractivity contribution in [1.29, 1.82) is 0 Å². The Morgan fingerprint density at radius 3 is 2.65 bits per heavy atom. The molecule has 0 fully saturated rings. The van der Waals surface area contributed by atoms with Gasteiger partial charge in [-0.25, -0.2) is 14.1 Å². The molecular formula is C14H15BrFNO3. The Morgan fingerprint density at radius 1 is 1.40 bits per heavy atom. The van der Waals surface area contributed by atoms with Crippen LogP contribution in [0.4, 0.5) is 9.18 Å². The Hall–Kier alpha value is -1.43. The van der Waals surface area contributed by atoms with E-state index in [2.05, 4.69) is 15.9 Å². The van der Waals surface area contributed by atoms with Crippen LogP contribution >= 0.6 is 15.9 Å². The molecule has 2 rings (SSSR count). The van der Waals surface area contributed by atoms with Crippen molar-refractivity contribution in [2.45, 2.75) is 32.8 Å². The Balaban J connectivity index is 2.30. The van der Waals surface area contributed by atoms with Gasteiger partial charge in [-0.1, -0.05) is 15.9 Å². The lowest BCUT2D eigenvalue weighted by Crippen LogP contribution is -2.45. The van der Waals surface area contributed by atoms with Crippen LogP contribution in [0.1, 0.15) is 36.7 Å². The molecule has 0 atom stereocenters. The van der Waals surface area contributed by atoms with Crippen LogP contribution in [0.3, 0.4) is 0 Å². The van der Waals surface area contributed by atoms with Crippen molar-refractivity contribution in [2.75, 3.05) is 6.54 Å². The summed E-state index contributed by atoms with van der Waals surface area (Å²) in [6.45, 7) is 5.33. The van der Waals surface area contributed by atoms with Crippen molar-refractivity contribution in [1.82, 2.24) is 4.90 Å². The summed E-state index contributed by atoms with van der Waals surface area (Å²) in [4.78, 5) is 25.2. The first-order valence-corrected chi connectivity index (χ1v) is 7.01. The first-order chi connectivity index (χ1) is 9.19. The summed E-state index contributed by atoms with van der Waals surface area (Å²) in [7, 11) is 0. The maximum atomic E-state index is 13.9. The van der Waals surface area contributed by atoms with Crippen molar-refractivity contribution < 1.29 is 18.7 Å². The maximum Gasteiger partial charge on any atom is 0.417 e. The van der Waals surface area contributed by atoms with Crippen LogP contribution in [0.15, 0.2) is 16.6 Å². The van der Waals surface area contributed by atoms with Crippen LogP contribution < -0.4 is 0 Å². The van der Waals surface area contributed by atoms with Gasteiger partial charge >= 0.3 is 6.09 Å². The van der Waals surface area contributed by atoms with E-state index in [1.807, 2.05) is 0 Å². The molecule has 20 heavy (non-hydrogen) atoms. The fourth-order valence-electron chi connectivity index (χ4n) is 2.02. The molecule has 1 aromatic carbocycles. The van der Waals surface area contributed by atoms with E-state index in [9.17, 15) is 14.0 Å². The first-order valence-electron chi connectivity index (χ1n) is 6.22. The van der Waals surface area contributed by atoms with Crippen LogP contribution in [0.25, 0.3) is 0 Å². The van der Waals surface area contributed by atoms with Crippen LogP contribution in [0.5, 0.6) is 0 Å². The second kappa shape index (κ2) is 5.16. The predicted molar refractivity (Wildman–Crippen MR) is 75.1 cm³/mol. The first kappa shape index (κ1) is 15.0. The lowest BCUT2D eigenvalue weighted by Gasteiger charge is -2.29. The fraction of sp³-hybridized carbons (Fsp3) is 0.429. The number of halogens is 2. The quantitative estimate of drug-likeness (QED) is 0.723. The van der Waals surface area contributed by atoms with Crippen LogP contribution in [0, 0.1) is 5.82 Å². The molecule has 0 radical (unpaired) electrons. The normalized spacial score (nSPS) is 15.1. The molecular weight excluding hydrogens is 329 g/mol. The number of hydrogen-bond donors (Lipinski definition) is 0. The molecule has 1 aliphatic rings. The number of imide groups is 1. The number of hydrogen-bond acceptors (Lipinski definition) is 3. The van der Waals surface area contributed by atoms with Gasteiger partial charge in [-0.05, 0) is 44.9 Å². The number of ether oxygens (including phenoxy) is 1. The average Bonchev–Trinajstić information content (AvgIpc) is 2.25. The number of rotatable bonds is 0. The van der Waals surface area contributed by atoms with Crippen LogP contribution in [-0.2, 0) is 11.2 Å². The molecule has 1 heterocycles. The highest BCUT2D eigenvalue weighted by Crippen LogP contribution is 2.26.